The molecular formula is C11H12O2S. The van der Waals surface area contributed by atoms with E-state index in [1.807, 2.05) is 19.9 Å². The molecular weight excluding hydrogens is 196 g/mol. The van der Waals surface area contributed by atoms with E-state index in [-0.39, 0.29) is 11.4 Å². The summed E-state index contributed by atoms with van der Waals surface area (Å²) in [4.78, 5) is 12.8. The van der Waals surface area contributed by atoms with Gasteiger partial charge in [0.2, 0.25) is 0 Å². The first-order chi connectivity index (χ1) is 6.51. The summed E-state index contributed by atoms with van der Waals surface area (Å²) in [6.45, 7) is 3.89. The second kappa shape index (κ2) is 3.85. The molecule has 0 radical (unpaired) electrons. The van der Waals surface area contributed by atoms with Crippen LogP contribution in [-0.4, -0.2) is 13.1 Å². The van der Waals surface area contributed by atoms with Gasteiger partial charge < -0.3 is 4.74 Å². The number of rotatable bonds is 2. The van der Waals surface area contributed by atoms with Crippen LogP contribution in [0.1, 0.15) is 28.4 Å². The van der Waals surface area contributed by atoms with E-state index >= 15 is 0 Å². The van der Waals surface area contributed by atoms with Gasteiger partial charge in [0.25, 0.3) is 0 Å². The van der Waals surface area contributed by atoms with E-state index in [1.165, 1.54) is 18.4 Å². The minimum absolute atomic E-state index is 0.311. The van der Waals surface area contributed by atoms with Crippen molar-refractivity contribution in [1.29, 1.82) is 0 Å². The standard InChI is InChI=1S/C11H12O2S/c1-5-11(2,3)9-7-6-8(14-9)10(12)13-4/h1,6-7H,2-4H3. The molecule has 0 spiro atoms. The molecule has 2 nitrogen and oxygen atoms in total. The van der Waals surface area contributed by atoms with Crippen LogP contribution in [0.4, 0.5) is 0 Å². The van der Waals surface area contributed by atoms with Crippen molar-refractivity contribution >= 4 is 17.3 Å². The molecule has 0 unspecified atom stereocenters. The van der Waals surface area contributed by atoms with E-state index in [0.717, 1.165) is 4.88 Å². The zero-order valence-electron chi connectivity index (χ0n) is 8.46. The van der Waals surface area contributed by atoms with E-state index < -0.39 is 0 Å². The number of terminal acetylenes is 1. The van der Waals surface area contributed by atoms with Crippen molar-refractivity contribution < 1.29 is 9.53 Å². The van der Waals surface area contributed by atoms with Gasteiger partial charge in [-0.05, 0) is 26.0 Å². The van der Waals surface area contributed by atoms with Crippen molar-refractivity contribution in [3.63, 3.8) is 0 Å². The number of carbonyl (C=O) groups excluding carboxylic acids is 1. The lowest BCUT2D eigenvalue weighted by atomic mass is 9.93. The Morgan fingerprint density at radius 3 is 2.71 bits per heavy atom. The summed E-state index contributed by atoms with van der Waals surface area (Å²) in [5.74, 6) is 2.38. The Kier molecular flexibility index (Phi) is 2.97. The zero-order chi connectivity index (χ0) is 10.8. The molecule has 0 atom stereocenters. The Balaban J connectivity index is 3.01. The van der Waals surface area contributed by atoms with Crippen LogP contribution >= 0.6 is 11.3 Å². The van der Waals surface area contributed by atoms with Crippen LogP contribution in [-0.2, 0) is 10.2 Å². The SMILES string of the molecule is C#CC(C)(C)c1ccc(C(=O)OC)s1. The van der Waals surface area contributed by atoms with Gasteiger partial charge in [0.15, 0.2) is 0 Å². The van der Waals surface area contributed by atoms with Gasteiger partial charge in [-0.1, -0.05) is 5.92 Å². The minimum atomic E-state index is -0.322. The lowest BCUT2D eigenvalue weighted by Crippen LogP contribution is -2.11. The molecule has 0 bridgehead atoms. The van der Waals surface area contributed by atoms with Gasteiger partial charge in [-0.3, -0.25) is 0 Å². The summed E-state index contributed by atoms with van der Waals surface area (Å²) < 4.78 is 4.62. The molecule has 0 aliphatic carbocycles. The maximum atomic E-state index is 11.2. The van der Waals surface area contributed by atoms with Crippen LogP contribution in [0.15, 0.2) is 12.1 Å². The molecule has 0 N–H and O–H groups in total. The third kappa shape index (κ3) is 1.97. The second-order valence-electron chi connectivity index (χ2n) is 3.42. The number of methoxy groups -OCH3 is 1. The van der Waals surface area contributed by atoms with Gasteiger partial charge in [-0.25, -0.2) is 4.79 Å². The molecule has 74 valence electrons. The summed E-state index contributed by atoms with van der Waals surface area (Å²) in [6.07, 6.45) is 5.40. The molecule has 3 heteroatoms. The Morgan fingerprint density at radius 1 is 1.57 bits per heavy atom. The first kappa shape index (κ1) is 10.8. The van der Waals surface area contributed by atoms with Gasteiger partial charge in [-0.15, -0.1) is 17.8 Å². The topological polar surface area (TPSA) is 26.3 Å². The lowest BCUT2D eigenvalue weighted by molar-refractivity contribution is 0.0606. The number of hydrogen-bond acceptors (Lipinski definition) is 3. The van der Waals surface area contributed by atoms with Crippen LogP contribution in [0.2, 0.25) is 0 Å². The Hall–Kier alpha value is -1.27. The molecule has 1 rings (SSSR count). The number of thiophene rings is 1. The number of hydrogen-bond donors (Lipinski definition) is 0. The number of carbonyl (C=O) groups is 1. The molecule has 0 aliphatic heterocycles. The highest BCUT2D eigenvalue weighted by Gasteiger charge is 2.21. The molecule has 1 heterocycles. The summed E-state index contributed by atoms with van der Waals surface area (Å²) in [6, 6.07) is 3.61. The molecule has 0 aliphatic rings. The first-order valence-electron chi connectivity index (χ1n) is 4.17. The number of ether oxygens (including phenoxy) is 1. The first-order valence-corrected chi connectivity index (χ1v) is 4.99. The fraction of sp³-hybridized carbons (Fsp3) is 0.364. The highest BCUT2D eigenvalue weighted by molar-refractivity contribution is 7.14. The van der Waals surface area contributed by atoms with Crippen LogP contribution in [0.5, 0.6) is 0 Å². The number of esters is 1. The molecule has 0 saturated heterocycles. The van der Waals surface area contributed by atoms with Crippen molar-refractivity contribution in [3.8, 4) is 12.3 Å². The van der Waals surface area contributed by atoms with E-state index in [9.17, 15) is 4.79 Å². The average Bonchev–Trinajstić information content (AvgIpc) is 2.66. The van der Waals surface area contributed by atoms with Crippen LogP contribution in [0.25, 0.3) is 0 Å². The largest absolute Gasteiger partial charge is 0.465 e. The summed E-state index contributed by atoms with van der Waals surface area (Å²) in [5.41, 5.74) is -0.322. The monoisotopic (exact) mass is 208 g/mol. The van der Waals surface area contributed by atoms with Crippen molar-refractivity contribution in [1.82, 2.24) is 0 Å². The van der Waals surface area contributed by atoms with Crippen LogP contribution < -0.4 is 0 Å². The summed E-state index contributed by atoms with van der Waals surface area (Å²) in [5, 5.41) is 0. The van der Waals surface area contributed by atoms with Gasteiger partial charge in [0.1, 0.15) is 4.88 Å². The third-order valence-corrected chi connectivity index (χ3v) is 3.36. The fourth-order valence-electron chi connectivity index (χ4n) is 0.955. The smallest absolute Gasteiger partial charge is 0.348 e. The zero-order valence-corrected chi connectivity index (χ0v) is 9.27. The molecule has 0 fully saturated rings. The Bertz CT molecular complexity index is 382. The maximum absolute atomic E-state index is 11.2. The third-order valence-electron chi connectivity index (χ3n) is 1.97. The second-order valence-corrected chi connectivity index (χ2v) is 4.51. The van der Waals surface area contributed by atoms with E-state index in [0.29, 0.717) is 4.88 Å². The Labute approximate surface area is 87.9 Å². The van der Waals surface area contributed by atoms with E-state index in [4.69, 9.17) is 6.42 Å². The maximum Gasteiger partial charge on any atom is 0.348 e. The van der Waals surface area contributed by atoms with Crippen molar-refractivity contribution in [2.24, 2.45) is 0 Å². The predicted octanol–water partition coefficient (Wildman–Crippen LogP) is 2.45. The highest BCUT2D eigenvalue weighted by atomic mass is 32.1. The van der Waals surface area contributed by atoms with E-state index in [2.05, 4.69) is 10.7 Å². The predicted molar refractivity (Wildman–Crippen MR) is 57.5 cm³/mol. The molecule has 0 saturated carbocycles. The molecule has 1 aromatic heterocycles. The Morgan fingerprint density at radius 2 is 2.21 bits per heavy atom. The molecule has 14 heavy (non-hydrogen) atoms. The van der Waals surface area contributed by atoms with Crippen LogP contribution in [0.3, 0.4) is 0 Å². The van der Waals surface area contributed by atoms with Gasteiger partial charge >= 0.3 is 5.97 Å². The van der Waals surface area contributed by atoms with Crippen molar-refractivity contribution in [2.45, 2.75) is 19.3 Å². The summed E-state index contributed by atoms with van der Waals surface area (Å²) in [7, 11) is 1.37. The van der Waals surface area contributed by atoms with Crippen molar-refractivity contribution in [2.75, 3.05) is 7.11 Å². The fourth-order valence-corrected chi connectivity index (χ4v) is 1.95. The van der Waals surface area contributed by atoms with Gasteiger partial charge in [0, 0.05) is 4.88 Å². The molecule has 1 aromatic rings. The molecule has 0 aromatic carbocycles. The quantitative estimate of drug-likeness (QED) is 0.551. The van der Waals surface area contributed by atoms with Crippen LogP contribution in [0, 0.1) is 12.3 Å². The average molecular weight is 208 g/mol. The highest BCUT2D eigenvalue weighted by Crippen LogP contribution is 2.29. The minimum Gasteiger partial charge on any atom is -0.465 e. The lowest BCUT2D eigenvalue weighted by Gasteiger charge is -2.14. The van der Waals surface area contributed by atoms with E-state index in [1.54, 1.807) is 6.07 Å². The van der Waals surface area contributed by atoms with Gasteiger partial charge in [0.05, 0.1) is 12.5 Å². The molecule has 0 amide bonds. The van der Waals surface area contributed by atoms with Gasteiger partial charge in [-0.2, -0.15) is 0 Å². The van der Waals surface area contributed by atoms with Crippen molar-refractivity contribution in [3.05, 3.63) is 21.9 Å². The summed E-state index contributed by atoms with van der Waals surface area (Å²) >= 11 is 1.38. The normalized spacial score (nSPS) is 10.7.